The number of nitrogens with one attached hydrogen (secondary N) is 1. The Kier molecular flexibility index (Phi) is 5.15. The van der Waals surface area contributed by atoms with Gasteiger partial charge in [0, 0.05) is 23.6 Å². The van der Waals surface area contributed by atoms with Crippen molar-refractivity contribution >= 4 is 22.6 Å². The number of amides is 1. The third-order valence-electron chi connectivity index (χ3n) is 5.88. The fourth-order valence-electron chi connectivity index (χ4n) is 4.10. The zero-order valence-corrected chi connectivity index (χ0v) is 17.0. The standard InChI is InChI=1S/C22H25N3O4/c1-15-21(17-13-16(28-3)6-7-18(17)23(15)2)19(26)14-24-8-10-25(11-9-24)22(27)20-5-4-12-29-20/h4-7,12-13H,8-11,14H2,1-3H3/p+1. The number of rotatable bonds is 5. The number of carbonyl (C=O) groups is 2. The van der Waals surface area contributed by atoms with Crippen molar-refractivity contribution in [2.45, 2.75) is 6.92 Å². The molecule has 0 aliphatic carbocycles. The second-order valence-corrected chi connectivity index (χ2v) is 7.52. The van der Waals surface area contributed by atoms with Gasteiger partial charge in [0.1, 0.15) is 12.3 Å². The van der Waals surface area contributed by atoms with Gasteiger partial charge in [-0.1, -0.05) is 0 Å². The quantitative estimate of drug-likeness (QED) is 0.661. The molecule has 1 amide bonds. The van der Waals surface area contributed by atoms with Crippen LogP contribution in [0.1, 0.15) is 26.6 Å². The van der Waals surface area contributed by atoms with E-state index in [0.717, 1.165) is 41.0 Å². The topological polar surface area (TPSA) is 69.1 Å². The maximum absolute atomic E-state index is 13.2. The Morgan fingerprint density at radius 1 is 1.21 bits per heavy atom. The van der Waals surface area contributed by atoms with Crippen LogP contribution in [0.5, 0.6) is 5.75 Å². The smallest absolute Gasteiger partial charge is 0.289 e. The van der Waals surface area contributed by atoms with Crippen LogP contribution in [0.3, 0.4) is 0 Å². The monoisotopic (exact) mass is 396 g/mol. The number of Topliss-reactive ketones (excluding diaryl/α,β-unsaturated/α-hetero) is 1. The maximum Gasteiger partial charge on any atom is 0.289 e. The van der Waals surface area contributed by atoms with Crippen molar-refractivity contribution in [3.8, 4) is 5.75 Å². The number of nitrogens with zero attached hydrogens (tertiary/aromatic N) is 2. The van der Waals surface area contributed by atoms with Gasteiger partial charge in [0.05, 0.1) is 45.1 Å². The van der Waals surface area contributed by atoms with Crippen molar-refractivity contribution in [3.05, 3.63) is 53.6 Å². The molecule has 0 bridgehead atoms. The van der Waals surface area contributed by atoms with Gasteiger partial charge in [-0.25, -0.2) is 0 Å². The molecule has 2 aromatic heterocycles. The number of aromatic nitrogens is 1. The number of hydrogen-bond acceptors (Lipinski definition) is 4. The summed E-state index contributed by atoms with van der Waals surface area (Å²) in [6.07, 6.45) is 1.51. The number of ether oxygens (including phenoxy) is 1. The number of fused-ring (bicyclic) bond motifs is 1. The second kappa shape index (κ2) is 7.75. The largest absolute Gasteiger partial charge is 0.497 e. The molecule has 1 N–H and O–H groups in total. The summed E-state index contributed by atoms with van der Waals surface area (Å²) in [7, 11) is 3.61. The predicted octanol–water partition coefficient (Wildman–Crippen LogP) is 1.31. The van der Waals surface area contributed by atoms with Gasteiger partial charge in [0.2, 0.25) is 5.78 Å². The molecule has 0 saturated carbocycles. The Labute approximate surface area is 169 Å². The van der Waals surface area contributed by atoms with E-state index >= 15 is 0 Å². The van der Waals surface area contributed by atoms with E-state index in [1.807, 2.05) is 32.2 Å². The number of carbonyl (C=O) groups excluding carboxylic acids is 2. The number of methoxy groups -OCH3 is 1. The van der Waals surface area contributed by atoms with Gasteiger partial charge in [-0.2, -0.15) is 0 Å². The van der Waals surface area contributed by atoms with Crippen LogP contribution in [0.4, 0.5) is 0 Å². The molecule has 0 atom stereocenters. The van der Waals surface area contributed by atoms with Crippen molar-refractivity contribution in [2.75, 3.05) is 39.8 Å². The first-order valence-electron chi connectivity index (χ1n) is 9.82. The molecule has 29 heavy (non-hydrogen) atoms. The number of ketones is 1. The summed E-state index contributed by atoms with van der Waals surface area (Å²) < 4.78 is 12.6. The lowest BCUT2D eigenvalue weighted by molar-refractivity contribution is -0.895. The Bertz CT molecular complexity index is 1040. The van der Waals surface area contributed by atoms with Crippen LogP contribution in [0.15, 0.2) is 41.0 Å². The van der Waals surface area contributed by atoms with Gasteiger partial charge >= 0.3 is 0 Å². The molecule has 4 rings (SSSR count). The summed E-state index contributed by atoms with van der Waals surface area (Å²) >= 11 is 0. The molecule has 1 saturated heterocycles. The maximum atomic E-state index is 13.2. The third kappa shape index (κ3) is 3.53. The molecule has 1 fully saturated rings. The van der Waals surface area contributed by atoms with Crippen LogP contribution in [-0.4, -0.2) is 61.0 Å². The number of furan rings is 1. The predicted molar refractivity (Wildman–Crippen MR) is 109 cm³/mol. The highest BCUT2D eigenvalue weighted by Crippen LogP contribution is 2.28. The van der Waals surface area contributed by atoms with Gasteiger partial charge in [-0.3, -0.25) is 9.59 Å². The summed E-state index contributed by atoms with van der Waals surface area (Å²) in [5, 5.41) is 0.931. The fourth-order valence-corrected chi connectivity index (χ4v) is 4.10. The van der Waals surface area contributed by atoms with E-state index in [0.29, 0.717) is 25.4 Å². The van der Waals surface area contributed by atoms with Crippen LogP contribution in [0.2, 0.25) is 0 Å². The Hall–Kier alpha value is -3.06. The number of hydrogen-bond donors (Lipinski definition) is 1. The second-order valence-electron chi connectivity index (χ2n) is 7.52. The number of aryl methyl sites for hydroxylation is 1. The normalized spacial score (nSPS) is 15.1. The molecule has 1 aliphatic rings. The highest BCUT2D eigenvalue weighted by atomic mass is 16.5. The molecule has 152 valence electrons. The Morgan fingerprint density at radius 3 is 2.62 bits per heavy atom. The number of benzene rings is 1. The van der Waals surface area contributed by atoms with Crippen LogP contribution >= 0.6 is 0 Å². The number of piperazine rings is 1. The molecular formula is C22H26N3O4+. The molecule has 3 aromatic rings. The van der Waals surface area contributed by atoms with Gasteiger partial charge in [-0.15, -0.1) is 0 Å². The van der Waals surface area contributed by atoms with E-state index in [-0.39, 0.29) is 11.7 Å². The lowest BCUT2D eigenvalue weighted by Gasteiger charge is -2.31. The molecule has 0 radical (unpaired) electrons. The van der Waals surface area contributed by atoms with Gasteiger partial charge < -0.3 is 23.5 Å². The van der Waals surface area contributed by atoms with E-state index in [4.69, 9.17) is 9.15 Å². The molecule has 1 aromatic carbocycles. The van der Waals surface area contributed by atoms with Crippen molar-refractivity contribution in [2.24, 2.45) is 7.05 Å². The first kappa shape index (κ1) is 19.3. The lowest BCUT2D eigenvalue weighted by atomic mass is 10.1. The first-order chi connectivity index (χ1) is 14.0. The SMILES string of the molecule is COc1ccc2c(c1)c(C(=O)C[NH+]1CCN(C(=O)c3ccco3)CC1)c(C)n2C. The minimum atomic E-state index is -0.0858. The highest BCUT2D eigenvalue weighted by molar-refractivity contribution is 6.10. The van der Waals surface area contributed by atoms with E-state index in [1.54, 1.807) is 24.1 Å². The molecule has 1 aliphatic heterocycles. The summed E-state index contributed by atoms with van der Waals surface area (Å²) in [6, 6.07) is 9.24. The fraction of sp³-hybridized carbons (Fsp3) is 0.364. The number of quaternary nitrogens is 1. The lowest BCUT2D eigenvalue weighted by Crippen LogP contribution is -3.15. The van der Waals surface area contributed by atoms with Gasteiger partial charge in [0.15, 0.2) is 5.76 Å². The van der Waals surface area contributed by atoms with Crippen molar-refractivity contribution in [1.82, 2.24) is 9.47 Å². The first-order valence-corrected chi connectivity index (χ1v) is 9.82. The van der Waals surface area contributed by atoms with Crippen molar-refractivity contribution in [1.29, 1.82) is 0 Å². The van der Waals surface area contributed by atoms with E-state index in [2.05, 4.69) is 4.57 Å². The van der Waals surface area contributed by atoms with E-state index in [1.165, 1.54) is 11.2 Å². The van der Waals surface area contributed by atoms with E-state index in [9.17, 15) is 9.59 Å². The summed E-state index contributed by atoms with van der Waals surface area (Å²) in [4.78, 5) is 28.6. The summed E-state index contributed by atoms with van der Waals surface area (Å²) in [5.74, 6) is 1.15. The summed E-state index contributed by atoms with van der Waals surface area (Å²) in [6.45, 7) is 5.11. The third-order valence-corrected chi connectivity index (χ3v) is 5.88. The van der Waals surface area contributed by atoms with Crippen molar-refractivity contribution in [3.63, 3.8) is 0 Å². The van der Waals surface area contributed by atoms with Crippen LogP contribution in [0.25, 0.3) is 10.9 Å². The molecular weight excluding hydrogens is 370 g/mol. The minimum absolute atomic E-state index is 0.0858. The Balaban J connectivity index is 1.47. The highest BCUT2D eigenvalue weighted by Gasteiger charge is 2.29. The molecule has 7 nitrogen and oxygen atoms in total. The van der Waals surface area contributed by atoms with Crippen molar-refractivity contribution < 1.29 is 23.6 Å². The summed E-state index contributed by atoms with van der Waals surface area (Å²) in [5.41, 5.74) is 2.75. The van der Waals surface area contributed by atoms with Crippen LogP contribution < -0.4 is 9.64 Å². The minimum Gasteiger partial charge on any atom is -0.497 e. The van der Waals surface area contributed by atoms with Gasteiger partial charge in [-0.05, 0) is 37.3 Å². The van der Waals surface area contributed by atoms with Crippen LogP contribution in [0, 0.1) is 6.92 Å². The molecule has 0 unspecified atom stereocenters. The Morgan fingerprint density at radius 2 is 1.97 bits per heavy atom. The van der Waals surface area contributed by atoms with Gasteiger partial charge in [0.25, 0.3) is 5.91 Å². The average Bonchev–Trinajstić information content (AvgIpc) is 3.35. The average molecular weight is 396 g/mol. The van der Waals surface area contributed by atoms with E-state index < -0.39 is 0 Å². The molecule has 3 heterocycles. The molecule has 0 spiro atoms. The zero-order valence-electron chi connectivity index (χ0n) is 17.0. The molecule has 7 heteroatoms. The van der Waals surface area contributed by atoms with Crippen LogP contribution in [-0.2, 0) is 7.05 Å². The zero-order chi connectivity index (χ0) is 20.5.